The molecule has 1 atom stereocenters. The molecule has 156 valence electrons. The highest BCUT2D eigenvalue weighted by molar-refractivity contribution is 7.89. The number of carbonyl (C=O) groups excluding carboxylic acids is 1. The van der Waals surface area contributed by atoms with E-state index in [4.69, 9.17) is 5.73 Å². The number of carbonyl (C=O) groups is 1. The first-order chi connectivity index (χ1) is 13.7. The van der Waals surface area contributed by atoms with Gasteiger partial charge in [0.05, 0.1) is 4.90 Å². The van der Waals surface area contributed by atoms with Crippen LogP contribution in [0, 0.1) is 0 Å². The lowest BCUT2D eigenvalue weighted by Gasteiger charge is -2.34. The zero-order chi connectivity index (χ0) is 21.2. The lowest BCUT2D eigenvalue weighted by molar-refractivity contribution is -0.133. The molecule has 2 aromatic carbocycles. The summed E-state index contributed by atoms with van der Waals surface area (Å²) >= 11 is 0. The third-order valence-corrected chi connectivity index (χ3v) is 7.52. The maximum atomic E-state index is 13.0. The predicted octanol–water partition coefficient (Wildman–Crippen LogP) is 1.12. The number of sulfonamides is 1. The Hall–Kier alpha value is -2.26. The van der Waals surface area contributed by atoms with Crippen molar-refractivity contribution in [1.82, 2.24) is 9.21 Å². The third kappa shape index (κ3) is 4.06. The number of piperidine rings is 1. The molecule has 8 heteroatoms. The second-order valence-electron chi connectivity index (χ2n) is 7.56. The van der Waals surface area contributed by atoms with Crippen molar-refractivity contribution in [2.45, 2.75) is 29.4 Å². The second kappa shape index (κ2) is 8.23. The Morgan fingerprint density at radius 3 is 2.03 bits per heavy atom. The van der Waals surface area contributed by atoms with Crippen molar-refractivity contribution in [2.75, 3.05) is 27.2 Å². The van der Waals surface area contributed by atoms with Crippen LogP contribution in [0.1, 0.15) is 24.0 Å². The minimum Gasteiger partial charge on any atom is -0.372 e. The Morgan fingerprint density at radius 1 is 1.03 bits per heavy atom. The molecule has 0 bridgehead atoms. The molecule has 0 radical (unpaired) electrons. The van der Waals surface area contributed by atoms with Crippen LogP contribution in [-0.2, 0) is 20.4 Å². The van der Waals surface area contributed by atoms with Crippen LogP contribution >= 0.6 is 0 Å². The molecule has 1 aliphatic rings. The molecule has 0 aliphatic carbocycles. The van der Waals surface area contributed by atoms with Gasteiger partial charge in [0, 0.05) is 19.1 Å². The van der Waals surface area contributed by atoms with Gasteiger partial charge in [-0.15, -0.1) is 0 Å². The fourth-order valence-corrected chi connectivity index (χ4v) is 5.22. The average Bonchev–Trinajstić information content (AvgIpc) is 2.73. The second-order valence-corrected chi connectivity index (χ2v) is 9.50. The van der Waals surface area contributed by atoms with E-state index >= 15 is 0 Å². The first kappa shape index (κ1) is 21.4. The van der Waals surface area contributed by atoms with Crippen molar-refractivity contribution in [1.29, 1.82) is 0 Å². The maximum absolute atomic E-state index is 13.0. The van der Waals surface area contributed by atoms with E-state index in [0.29, 0.717) is 24.7 Å². The monoisotopic (exact) mass is 417 g/mol. The molecule has 3 N–H and O–H groups in total. The van der Waals surface area contributed by atoms with Crippen LogP contribution in [0.15, 0.2) is 59.5 Å². The first-order valence-corrected chi connectivity index (χ1v) is 11.0. The summed E-state index contributed by atoms with van der Waals surface area (Å²) in [6.07, 6.45) is 1.56. The van der Waals surface area contributed by atoms with Crippen molar-refractivity contribution in [3.63, 3.8) is 0 Å². The quantitative estimate of drug-likeness (QED) is 0.733. The van der Waals surface area contributed by atoms with Crippen LogP contribution in [0.5, 0.6) is 0 Å². The normalized spacial score (nSPS) is 18.5. The smallest absolute Gasteiger partial charge is 0.258 e. The van der Waals surface area contributed by atoms with E-state index in [-0.39, 0.29) is 10.5 Å². The molecule has 1 aliphatic heterocycles. The standard InChI is InChI=1S/C21H27N3O4S/c1-23(2)18-12-14-24(15-13-18)29(27,28)19-10-8-17(9-11-19)21(26,20(22)25)16-6-4-3-5-7-16/h3-11,18,26H,12-15H2,1-2H3,(H2,22,25). The van der Waals surface area contributed by atoms with Crippen LogP contribution < -0.4 is 5.73 Å². The van der Waals surface area contributed by atoms with Crippen molar-refractivity contribution < 1.29 is 18.3 Å². The number of amides is 1. The van der Waals surface area contributed by atoms with Crippen LogP contribution in [-0.4, -0.2) is 61.9 Å². The van der Waals surface area contributed by atoms with Crippen molar-refractivity contribution in [3.05, 3.63) is 65.7 Å². The van der Waals surface area contributed by atoms with E-state index in [1.807, 2.05) is 14.1 Å². The maximum Gasteiger partial charge on any atom is 0.258 e. The molecule has 3 rings (SSSR count). The highest BCUT2D eigenvalue weighted by Gasteiger charge is 2.38. The van der Waals surface area contributed by atoms with Gasteiger partial charge in [-0.25, -0.2) is 8.42 Å². The molecule has 1 saturated heterocycles. The molecular formula is C21H27N3O4S. The Balaban J connectivity index is 1.87. The molecule has 1 fully saturated rings. The van der Waals surface area contributed by atoms with Crippen molar-refractivity contribution >= 4 is 15.9 Å². The Morgan fingerprint density at radius 2 is 1.55 bits per heavy atom. The molecule has 1 unspecified atom stereocenters. The van der Waals surface area contributed by atoms with Gasteiger partial charge in [0.1, 0.15) is 0 Å². The molecule has 7 nitrogen and oxygen atoms in total. The van der Waals surface area contributed by atoms with Gasteiger partial charge >= 0.3 is 0 Å². The largest absolute Gasteiger partial charge is 0.372 e. The van der Waals surface area contributed by atoms with E-state index in [1.54, 1.807) is 30.3 Å². The lowest BCUT2D eigenvalue weighted by Crippen LogP contribution is -2.44. The fraction of sp³-hybridized carbons (Fsp3) is 0.381. The predicted molar refractivity (Wildman–Crippen MR) is 111 cm³/mol. The molecule has 1 amide bonds. The lowest BCUT2D eigenvalue weighted by atomic mass is 9.86. The zero-order valence-electron chi connectivity index (χ0n) is 16.7. The SMILES string of the molecule is CN(C)C1CCN(S(=O)(=O)c2ccc(C(O)(C(N)=O)c3ccccc3)cc2)CC1. The number of hydrogen-bond acceptors (Lipinski definition) is 5. The van der Waals surface area contributed by atoms with Gasteiger partial charge in [-0.05, 0) is 50.2 Å². The number of nitrogens with zero attached hydrogens (tertiary/aromatic N) is 2. The summed E-state index contributed by atoms with van der Waals surface area (Å²) in [6, 6.07) is 14.4. The van der Waals surface area contributed by atoms with Crippen molar-refractivity contribution in [3.8, 4) is 0 Å². The van der Waals surface area contributed by atoms with Gasteiger partial charge in [-0.1, -0.05) is 42.5 Å². The van der Waals surface area contributed by atoms with Gasteiger partial charge < -0.3 is 15.7 Å². The third-order valence-electron chi connectivity index (χ3n) is 5.61. The molecular weight excluding hydrogens is 390 g/mol. The number of hydrogen-bond donors (Lipinski definition) is 2. The van der Waals surface area contributed by atoms with Gasteiger partial charge in [0.25, 0.3) is 5.91 Å². The molecule has 2 aromatic rings. The first-order valence-electron chi connectivity index (χ1n) is 9.52. The van der Waals surface area contributed by atoms with Gasteiger partial charge in [0.15, 0.2) is 5.60 Å². The minimum atomic E-state index is -3.64. The van der Waals surface area contributed by atoms with E-state index < -0.39 is 21.5 Å². The fourth-order valence-electron chi connectivity index (χ4n) is 3.75. The van der Waals surface area contributed by atoms with Crippen LogP contribution in [0.2, 0.25) is 0 Å². The molecule has 1 heterocycles. The number of rotatable bonds is 6. The highest BCUT2D eigenvalue weighted by Crippen LogP contribution is 2.31. The number of aliphatic hydroxyl groups is 1. The summed E-state index contributed by atoms with van der Waals surface area (Å²) in [5.74, 6) is -0.926. The summed E-state index contributed by atoms with van der Waals surface area (Å²) in [4.78, 5) is 14.3. The Bertz CT molecular complexity index is 953. The topological polar surface area (TPSA) is 104 Å². The minimum absolute atomic E-state index is 0.129. The highest BCUT2D eigenvalue weighted by atomic mass is 32.2. The molecule has 0 spiro atoms. The van der Waals surface area contributed by atoms with E-state index in [2.05, 4.69) is 4.90 Å². The average molecular weight is 418 g/mol. The number of primary amides is 1. The molecule has 0 aromatic heterocycles. The van der Waals surface area contributed by atoms with E-state index in [0.717, 1.165) is 12.8 Å². The van der Waals surface area contributed by atoms with Crippen LogP contribution in [0.3, 0.4) is 0 Å². The van der Waals surface area contributed by atoms with E-state index in [1.165, 1.54) is 28.6 Å². The van der Waals surface area contributed by atoms with E-state index in [9.17, 15) is 18.3 Å². The Labute approximate surface area is 171 Å². The summed E-state index contributed by atoms with van der Waals surface area (Å²) in [5.41, 5.74) is 4.01. The molecule has 0 saturated carbocycles. The zero-order valence-corrected chi connectivity index (χ0v) is 17.5. The van der Waals surface area contributed by atoms with Crippen LogP contribution in [0.25, 0.3) is 0 Å². The molecule has 29 heavy (non-hydrogen) atoms. The van der Waals surface area contributed by atoms with Gasteiger partial charge in [0.2, 0.25) is 10.0 Å². The number of benzene rings is 2. The number of nitrogens with two attached hydrogens (primary N) is 1. The van der Waals surface area contributed by atoms with Crippen LogP contribution in [0.4, 0.5) is 0 Å². The van der Waals surface area contributed by atoms with Crippen molar-refractivity contribution in [2.24, 2.45) is 5.73 Å². The summed E-state index contributed by atoms with van der Waals surface area (Å²) < 4.78 is 27.5. The summed E-state index contributed by atoms with van der Waals surface area (Å²) in [7, 11) is 0.359. The van der Waals surface area contributed by atoms with Gasteiger partial charge in [-0.3, -0.25) is 4.79 Å². The van der Waals surface area contributed by atoms with Gasteiger partial charge in [-0.2, -0.15) is 4.31 Å². The Kier molecular flexibility index (Phi) is 6.09. The summed E-state index contributed by atoms with van der Waals surface area (Å²) in [6.45, 7) is 0.921. The summed E-state index contributed by atoms with van der Waals surface area (Å²) in [5, 5.41) is 11.0.